The fraction of sp³-hybridized carbons (Fsp3) is 0.231. The second-order valence-electron chi connectivity index (χ2n) is 3.93. The van der Waals surface area contributed by atoms with Crippen molar-refractivity contribution in [3.05, 3.63) is 46.0 Å². The fourth-order valence-electron chi connectivity index (χ4n) is 1.59. The lowest BCUT2D eigenvalue weighted by Gasteiger charge is -2.10. The van der Waals surface area contributed by atoms with Gasteiger partial charge in [0.05, 0.1) is 7.11 Å². The van der Waals surface area contributed by atoms with Crippen molar-refractivity contribution in [2.24, 2.45) is 0 Å². The number of nitrogens with one attached hydrogen (secondary N) is 1. The van der Waals surface area contributed by atoms with Crippen LogP contribution in [-0.2, 0) is 6.54 Å². The van der Waals surface area contributed by atoms with Crippen LogP contribution in [0.5, 0.6) is 5.75 Å². The summed E-state index contributed by atoms with van der Waals surface area (Å²) in [5.74, 6) is 1.36. The smallest absolute Gasteiger partial charge is 0.157 e. The Morgan fingerprint density at radius 2 is 1.68 bits per heavy atom. The molecule has 19 heavy (non-hydrogen) atoms. The molecule has 0 bridgehead atoms. The molecule has 0 aliphatic rings. The molecule has 2 rings (SSSR count). The lowest BCUT2D eigenvalue weighted by molar-refractivity contribution is 0.414. The maximum atomic E-state index is 6.03. The monoisotopic (exact) mass is 297 g/mol. The van der Waals surface area contributed by atoms with Crippen LogP contribution in [0.25, 0.3) is 0 Å². The number of rotatable bonds is 4. The lowest BCUT2D eigenvalue weighted by atomic mass is 10.2. The highest BCUT2D eigenvalue weighted by molar-refractivity contribution is 6.37. The molecule has 0 saturated heterocycles. The topological polar surface area (TPSA) is 47.0 Å². The number of methoxy groups -OCH3 is 1. The number of hydrogen-bond acceptors (Lipinski definition) is 4. The molecule has 6 heteroatoms. The first-order chi connectivity index (χ1) is 9.10. The molecular formula is C13H13Cl2N3O. The van der Waals surface area contributed by atoms with Crippen LogP contribution in [-0.4, -0.2) is 17.1 Å². The summed E-state index contributed by atoms with van der Waals surface area (Å²) >= 11 is 12.1. The molecule has 0 saturated carbocycles. The van der Waals surface area contributed by atoms with Crippen LogP contribution in [0, 0.1) is 6.92 Å². The predicted octanol–water partition coefficient (Wildman–Crippen LogP) is 3.71. The van der Waals surface area contributed by atoms with Gasteiger partial charge in [-0.15, -0.1) is 0 Å². The third kappa shape index (κ3) is 3.49. The van der Waals surface area contributed by atoms with Crippen LogP contribution in [0.3, 0.4) is 0 Å². The highest BCUT2D eigenvalue weighted by Gasteiger charge is 2.09. The Hall–Kier alpha value is -1.52. The van der Waals surface area contributed by atoms with Crippen molar-refractivity contribution in [1.82, 2.24) is 9.97 Å². The second kappa shape index (κ2) is 6.08. The Bertz CT molecular complexity index is 550. The zero-order chi connectivity index (χ0) is 13.8. The van der Waals surface area contributed by atoms with Crippen molar-refractivity contribution in [2.75, 3.05) is 12.4 Å². The minimum atomic E-state index is 0.325. The molecule has 1 heterocycles. The molecule has 1 aromatic carbocycles. The number of benzene rings is 1. The Balaban J connectivity index is 2.10. The van der Waals surface area contributed by atoms with E-state index in [-0.39, 0.29) is 0 Å². The molecule has 4 nitrogen and oxygen atoms in total. The highest BCUT2D eigenvalue weighted by Crippen LogP contribution is 2.27. The van der Waals surface area contributed by atoms with Gasteiger partial charge in [-0.05, 0) is 24.6 Å². The van der Waals surface area contributed by atoms with Crippen molar-refractivity contribution >= 4 is 28.9 Å². The van der Waals surface area contributed by atoms with Crippen molar-refractivity contribution in [1.29, 1.82) is 0 Å². The number of aryl methyl sites for hydroxylation is 1. The lowest BCUT2D eigenvalue weighted by Crippen LogP contribution is -2.03. The number of anilines is 1. The molecule has 100 valence electrons. The predicted molar refractivity (Wildman–Crippen MR) is 77.1 cm³/mol. The van der Waals surface area contributed by atoms with Gasteiger partial charge >= 0.3 is 0 Å². The molecule has 0 spiro atoms. The minimum Gasteiger partial charge on any atom is -0.497 e. The van der Waals surface area contributed by atoms with E-state index in [4.69, 9.17) is 27.9 Å². The van der Waals surface area contributed by atoms with Gasteiger partial charge in [-0.3, -0.25) is 0 Å². The third-order valence-corrected chi connectivity index (χ3v) is 3.11. The standard InChI is InChI=1S/C13H13Cl2N3O/c1-8-17-12(14)11(13(15)18-8)16-7-9-3-5-10(19-2)6-4-9/h3-6,16H,7H2,1-2H3. The number of ether oxygens (including phenoxy) is 1. The summed E-state index contributed by atoms with van der Waals surface area (Å²) in [6, 6.07) is 7.71. The molecule has 0 aliphatic heterocycles. The van der Waals surface area contributed by atoms with Gasteiger partial charge in [0, 0.05) is 6.54 Å². The minimum absolute atomic E-state index is 0.325. The van der Waals surface area contributed by atoms with Gasteiger partial charge in [0.1, 0.15) is 17.3 Å². The summed E-state index contributed by atoms with van der Waals surface area (Å²) in [5, 5.41) is 3.78. The average molecular weight is 298 g/mol. The Morgan fingerprint density at radius 1 is 1.11 bits per heavy atom. The summed E-state index contributed by atoms with van der Waals surface area (Å²) < 4.78 is 5.10. The van der Waals surface area contributed by atoms with Crippen LogP contribution >= 0.6 is 23.2 Å². The second-order valence-corrected chi connectivity index (χ2v) is 4.65. The summed E-state index contributed by atoms with van der Waals surface area (Å²) in [6.07, 6.45) is 0. The Kier molecular flexibility index (Phi) is 4.45. The van der Waals surface area contributed by atoms with Crippen LogP contribution in [0.4, 0.5) is 5.69 Å². The van der Waals surface area contributed by atoms with Gasteiger partial charge in [-0.2, -0.15) is 0 Å². The number of nitrogens with zero attached hydrogens (tertiary/aromatic N) is 2. The first kappa shape index (κ1) is 13.9. The van der Waals surface area contributed by atoms with E-state index in [1.807, 2.05) is 24.3 Å². The Morgan fingerprint density at radius 3 is 2.21 bits per heavy atom. The van der Waals surface area contributed by atoms with E-state index in [0.29, 0.717) is 28.4 Å². The van der Waals surface area contributed by atoms with E-state index in [1.165, 1.54) is 0 Å². The van der Waals surface area contributed by atoms with Crippen molar-refractivity contribution in [3.63, 3.8) is 0 Å². The van der Waals surface area contributed by atoms with Gasteiger partial charge in [0.25, 0.3) is 0 Å². The maximum absolute atomic E-state index is 6.03. The summed E-state index contributed by atoms with van der Waals surface area (Å²) in [4.78, 5) is 8.12. The summed E-state index contributed by atoms with van der Waals surface area (Å²) in [5.41, 5.74) is 1.62. The molecule has 0 amide bonds. The molecule has 0 fully saturated rings. The van der Waals surface area contributed by atoms with Crippen molar-refractivity contribution < 1.29 is 4.74 Å². The maximum Gasteiger partial charge on any atom is 0.157 e. The van der Waals surface area contributed by atoms with Crippen LogP contribution in [0.15, 0.2) is 24.3 Å². The fourth-order valence-corrected chi connectivity index (χ4v) is 2.19. The highest BCUT2D eigenvalue weighted by atomic mass is 35.5. The van der Waals surface area contributed by atoms with E-state index < -0.39 is 0 Å². The number of halogens is 2. The molecule has 0 radical (unpaired) electrons. The first-order valence-corrected chi connectivity index (χ1v) is 6.42. The largest absolute Gasteiger partial charge is 0.497 e. The quantitative estimate of drug-likeness (QED) is 0.874. The van der Waals surface area contributed by atoms with Gasteiger partial charge < -0.3 is 10.1 Å². The van der Waals surface area contributed by atoms with Crippen LogP contribution < -0.4 is 10.1 Å². The summed E-state index contributed by atoms with van der Waals surface area (Å²) in [7, 11) is 1.64. The Labute approximate surface area is 121 Å². The number of hydrogen-bond donors (Lipinski definition) is 1. The SMILES string of the molecule is COc1ccc(CNc2c(Cl)nc(C)nc2Cl)cc1. The molecule has 0 unspecified atom stereocenters. The zero-order valence-corrected chi connectivity index (χ0v) is 12.1. The van der Waals surface area contributed by atoms with E-state index >= 15 is 0 Å². The molecule has 1 N–H and O–H groups in total. The molecule has 1 aromatic heterocycles. The van der Waals surface area contributed by atoms with Gasteiger partial charge in [-0.1, -0.05) is 35.3 Å². The van der Waals surface area contributed by atoms with Crippen molar-refractivity contribution in [3.8, 4) is 5.75 Å². The van der Waals surface area contributed by atoms with E-state index in [1.54, 1.807) is 14.0 Å². The van der Waals surface area contributed by atoms with E-state index in [9.17, 15) is 0 Å². The average Bonchev–Trinajstić information content (AvgIpc) is 2.38. The number of aromatic nitrogens is 2. The molecule has 0 atom stereocenters. The van der Waals surface area contributed by atoms with Crippen LogP contribution in [0.2, 0.25) is 10.3 Å². The summed E-state index contributed by atoms with van der Waals surface area (Å²) in [6.45, 7) is 2.32. The van der Waals surface area contributed by atoms with E-state index in [0.717, 1.165) is 11.3 Å². The van der Waals surface area contributed by atoms with Gasteiger partial charge in [-0.25, -0.2) is 9.97 Å². The van der Waals surface area contributed by atoms with Gasteiger partial charge in [0.2, 0.25) is 0 Å². The van der Waals surface area contributed by atoms with E-state index in [2.05, 4.69) is 15.3 Å². The van der Waals surface area contributed by atoms with Crippen molar-refractivity contribution in [2.45, 2.75) is 13.5 Å². The molecule has 2 aromatic rings. The normalized spacial score (nSPS) is 10.3. The molecular weight excluding hydrogens is 285 g/mol. The molecule has 0 aliphatic carbocycles. The first-order valence-electron chi connectivity index (χ1n) is 5.66. The third-order valence-electron chi connectivity index (χ3n) is 2.56. The zero-order valence-electron chi connectivity index (χ0n) is 10.6. The van der Waals surface area contributed by atoms with Crippen LogP contribution in [0.1, 0.15) is 11.4 Å². The van der Waals surface area contributed by atoms with Gasteiger partial charge in [0.15, 0.2) is 10.3 Å².